The Kier molecular flexibility index (Phi) is 5.30. The molecule has 0 saturated carbocycles. The minimum absolute atomic E-state index is 0.0202. The number of hydrogen-bond donors (Lipinski definition) is 0. The third-order valence-corrected chi connectivity index (χ3v) is 8.39. The summed E-state index contributed by atoms with van der Waals surface area (Å²) in [6, 6.07) is 0. The van der Waals surface area contributed by atoms with E-state index in [1.807, 2.05) is 0 Å². The van der Waals surface area contributed by atoms with Crippen molar-refractivity contribution < 1.29 is 4.79 Å². The van der Waals surface area contributed by atoms with Gasteiger partial charge in [0, 0.05) is 11.3 Å². The molecule has 1 nitrogen and oxygen atoms in total. The van der Waals surface area contributed by atoms with Gasteiger partial charge in [0.15, 0.2) is 0 Å². The van der Waals surface area contributed by atoms with Gasteiger partial charge in [-0.05, 0) is 43.2 Å². The third kappa shape index (κ3) is 3.91. The largest absolute Gasteiger partial charge is 0.303 e. The van der Waals surface area contributed by atoms with E-state index in [4.69, 9.17) is 0 Å². The van der Waals surface area contributed by atoms with Crippen LogP contribution in [0.5, 0.6) is 0 Å². The fourth-order valence-electron chi connectivity index (χ4n) is 3.91. The molecule has 0 aliphatic heterocycles. The third-order valence-electron chi connectivity index (χ3n) is 6.01. The minimum Gasteiger partial charge on any atom is -0.303 e. The second kappa shape index (κ2) is 6.63. The van der Waals surface area contributed by atoms with E-state index in [2.05, 4.69) is 83.8 Å². The van der Waals surface area contributed by atoms with Crippen LogP contribution >= 0.6 is 0 Å². The molecular formula is C22H34OSi. The average Bonchev–Trinajstić information content (AvgIpc) is 2.46. The Hall–Kier alpha value is -1.15. The molecule has 0 aromatic heterocycles. The summed E-state index contributed by atoms with van der Waals surface area (Å²) in [6.07, 6.45) is 17.3. The first kappa shape index (κ1) is 19.2. The van der Waals surface area contributed by atoms with Crippen LogP contribution in [0.3, 0.4) is 0 Å². The van der Waals surface area contributed by atoms with Crippen LogP contribution in [0.25, 0.3) is 0 Å². The summed E-state index contributed by atoms with van der Waals surface area (Å²) in [7, 11) is -1.17. The fraction of sp³-hybridized carbons (Fsp3) is 0.591. The molecule has 132 valence electrons. The lowest BCUT2D eigenvalue weighted by atomic mass is 9.65. The van der Waals surface area contributed by atoms with Gasteiger partial charge in [0.05, 0.1) is 8.07 Å². The first-order valence-corrected chi connectivity index (χ1v) is 12.8. The highest BCUT2D eigenvalue weighted by Crippen LogP contribution is 2.45. The molecule has 0 saturated heterocycles. The monoisotopic (exact) mass is 342 g/mol. The van der Waals surface area contributed by atoms with E-state index < -0.39 is 8.07 Å². The predicted octanol–water partition coefficient (Wildman–Crippen LogP) is 6.33. The maximum absolute atomic E-state index is 11.5. The van der Waals surface area contributed by atoms with Gasteiger partial charge in [0.2, 0.25) is 0 Å². The van der Waals surface area contributed by atoms with Gasteiger partial charge in [0.1, 0.15) is 6.29 Å². The quantitative estimate of drug-likeness (QED) is 0.331. The van der Waals surface area contributed by atoms with Gasteiger partial charge in [-0.1, -0.05) is 75.5 Å². The van der Waals surface area contributed by atoms with Crippen molar-refractivity contribution in [3.8, 4) is 0 Å². The highest BCUT2D eigenvalue weighted by Gasteiger charge is 2.36. The Labute approximate surface area is 149 Å². The molecule has 0 N–H and O–H groups in total. The molecule has 2 heteroatoms. The van der Waals surface area contributed by atoms with E-state index >= 15 is 0 Å². The molecule has 0 heterocycles. The molecule has 0 aromatic carbocycles. The number of allylic oxidation sites excluding steroid dienone is 8. The highest BCUT2D eigenvalue weighted by molar-refractivity contribution is 6.78. The van der Waals surface area contributed by atoms with Crippen LogP contribution < -0.4 is 0 Å². The molecule has 1 unspecified atom stereocenters. The Morgan fingerprint density at radius 2 is 1.71 bits per heavy atom. The Bertz CT molecular complexity index is 596. The van der Waals surface area contributed by atoms with Crippen LogP contribution in [-0.2, 0) is 4.79 Å². The first-order chi connectivity index (χ1) is 11.0. The van der Waals surface area contributed by atoms with E-state index in [1.165, 1.54) is 11.1 Å². The van der Waals surface area contributed by atoms with Crippen LogP contribution in [-0.4, -0.2) is 14.4 Å². The lowest BCUT2D eigenvalue weighted by Gasteiger charge is -2.38. The second-order valence-electron chi connectivity index (χ2n) is 9.51. The Balaban J connectivity index is 2.24. The lowest BCUT2D eigenvalue weighted by Crippen LogP contribution is -2.31. The Morgan fingerprint density at radius 3 is 2.21 bits per heavy atom. The van der Waals surface area contributed by atoms with Crippen molar-refractivity contribution in [2.45, 2.75) is 65.7 Å². The lowest BCUT2D eigenvalue weighted by molar-refractivity contribution is -0.113. The van der Waals surface area contributed by atoms with Gasteiger partial charge >= 0.3 is 0 Å². The molecule has 2 aliphatic rings. The van der Waals surface area contributed by atoms with Gasteiger partial charge in [-0.15, -0.1) is 0 Å². The number of carbonyl (C=O) groups is 1. The molecule has 2 aliphatic carbocycles. The standard InChI is InChI=1S/C22H34OSi/c1-17-8-9-18(16-23)21(2,3)20(17)12-15-22(4)13-10-19(11-14-22)24(5,6)7/h10-16,18-19H,8-9H2,1-7H3/b15-12-. The van der Waals surface area contributed by atoms with Crippen molar-refractivity contribution in [2.75, 3.05) is 0 Å². The zero-order valence-electron chi connectivity index (χ0n) is 16.5. The summed E-state index contributed by atoms with van der Waals surface area (Å²) in [5.74, 6) is 0.127. The van der Waals surface area contributed by atoms with Gasteiger partial charge in [-0.25, -0.2) is 0 Å². The summed E-state index contributed by atoms with van der Waals surface area (Å²) in [5, 5.41) is 0. The molecule has 24 heavy (non-hydrogen) atoms. The molecule has 0 amide bonds. The maximum atomic E-state index is 11.5. The van der Waals surface area contributed by atoms with Gasteiger partial charge < -0.3 is 4.79 Å². The van der Waals surface area contributed by atoms with Crippen molar-refractivity contribution in [3.63, 3.8) is 0 Å². The van der Waals surface area contributed by atoms with E-state index in [9.17, 15) is 4.79 Å². The molecule has 2 rings (SSSR count). The number of rotatable bonds is 4. The molecular weight excluding hydrogens is 308 g/mol. The average molecular weight is 343 g/mol. The zero-order valence-corrected chi connectivity index (χ0v) is 17.5. The van der Waals surface area contributed by atoms with E-state index in [0.717, 1.165) is 19.1 Å². The number of carbonyl (C=O) groups excluding carboxylic acids is 1. The van der Waals surface area contributed by atoms with Crippen LogP contribution in [0, 0.1) is 16.7 Å². The smallest absolute Gasteiger partial charge is 0.123 e. The van der Waals surface area contributed by atoms with Gasteiger partial charge in [0.25, 0.3) is 0 Å². The van der Waals surface area contributed by atoms with Crippen LogP contribution in [0.15, 0.2) is 47.6 Å². The molecule has 0 radical (unpaired) electrons. The van der Waals surface area contributed by atoms with Gasteiger partial charge in [-0.3, -0.25) is 0 Å². The van der Waals surface area contributed by atoms with Crippen molar-refractivity contribution in [3.05, 3.63) is 47.6 Å². The Morgan fingerprint density at radius 1 is 1.12 bits per heavy atom. The topological polar surface area (TPSA) is 17.1 Å². The van der Waals surface area contributed by atoms with Crippen molar-refractivity contribution in [1.29, 1.82) is 0 Å². The fourth-order valence-corrected chi connectivity index (χ4v) is 5.25. The van der Waals surface area contributed by atoms with Crippen molar-refractivity contribution in [2.24, 2.45) is 16.7 Å². The molecule has 0 aromatic rings. The molecule has 1 atom stereocenters. The summed E-state index contributed by atoms with van der Waals surface area (Å²) in [5.41, 5.74) is 3.32. The molecule has 0 spiro atoms. The number of aldehydes is 1. The van der Waals surface area contributed by atoms with Crippen LogP contribution in [0.1, 0.15) is 40.5 Å². The van der Waals surface area contributed by atoms with Crippen LogP contribution in [0.4, 0.5) is 0 Å². The van der Waals surface area contributed by atoms with E-state index in [1.54, 1.807) is 0 Å². The highest BCUT2D eigenvalue weighted by atomic mass is 28.3. The zero-order chi connectivity index (χ0) is 18.2. The van der Waals surface area contributed by atoms with Crippen LogP contribution in [0.2, 0.25) is 25.2 Å². The minimum atomic E-state index is -1.17. The number of hydrogen-bond acceptors (Lipinski definition) is 1. The molecule has 0 fully saturated rings. The van der Waals surface area contributed by atoms with E-state index in [-0.39, 0.29) is 16.7 Å². The maximum Gasteiger partial charge on any atom is 0.123 e. The summed E-state index contributed by atoms with van der Waals surface area (Å²) in [6.45, 7) is 16.2. The SMILES string of the molecule is CC1=C(/C=C\C2(C)C=CC([Si](C)(C)C)C=C2)C(C)(C)C(C=O)CC1. The van der Waals surface area contributed by atoms with Crippen molar-refractivity contribution >= 4 is 14.4 Å². The normalized spacial score (nSPS) is 33.3. The summed E-state index contributed by atoms with van der Waals surface area (Å²) in [4.78, 5) is 11.5. The van der Waals surface area contributed by atoms with E-state index in [0.29, 0.717) is 5.54 Å². The molecule has 0 bridgehead atoms. The summed E-state index contributed by atoms with van der Waals surface area (Å²) >= 11 is 0. The first-order valence-electron chi connectivity index (χ1n) is 9.23. The van der Waals surface area contributed by atoms with Gasteiger partial charge in [-0.2, -0.15) is 0 Å². The second-order valence-corrected chi connectivity index (χ2v) is 14.9. The summed E-state index contributed by atoms with van der Waals surface area (Å²) < 4.78 is 0. The van der Waals surface area contributed by atoms with Crippen molar-refractivity contribution in [1.82, 2.24) is 0 Å². The predicted molar refractivity (Wildman–Crippen MR) is 108 cm³/mol.